The first-order valence-electron chi connectivity index (χ1n) is 11.4. The summed E-state index contributed by atoms with van der Waals surface area (Å²) in [6.45, 7) is -0.00613. The minimum Gasteiger partial charge on any atom is -0.425 e. The highest BCUT2D eigenvalue weighted by atomic mass is 16.5. The number of nitrogens with zero attached hydrogens (tertiary/aromatic N) is 1. The number of benzene rings is 3. The normalized spacial score (nSPS) is 15.8. The Bertz CT molecular complexity index is 1070. The SMILES string of the molecule is O=CC(CC1CCCc2c(OC(=O)CO)cccc21)N(Cc1ccccc1)c1ccccc1. The lowest BCUT2D eigenvalue weighted by atomic mass is 9.79. The van der Waals surface area contributed by atoms with E-state index in [2.05, 4.69) is 23.1 Å². The summed E-state index contributed by atoms with van der Waals surface area (Å²) >= 11 is 0. The van der Waals surface area contributed by atoms with Gasteiger partial charge in [0.25, 0.3) is 0 Å². The Labute approximate surface area is 194 Å². The largest absolute Gasteiger partial charge is 0.425 e. The molecule has 0 spiro atoms. The molecule has 1 N–H and O–H groups in total. The van der Waals surface area contributed by atoms with E-state index in [1.54, 1.807) is 6.07 Å². The Balaban J connectivity index is 1.62. The number of hydrogen-bond acceptors (Lipinski definition) is 5. The molecule has 3 aromatic rings. The number of carbonyl (C=O) groups excluding carboxylic acids is 2. The summed E-state index contributed by atoms with van der Waals surface area (Å²) in [6.07, 6.45) is 4.48. The molecule has 33 heavy (non-hydrogen) atoms. The van der Waals surface area contributed by atoms with Crippen molar-refractivity contribution in [2.24, 2.45) is 0 Å². The predicted octanol–water partition coefficient (Wildman–Crippen LogP) is 4.67. The number of fused-ring (bicyclic) bond motifs is 1. The van der Waals surface area contributed by atoms with Crippen molar-refractivity contribution < 1.29 is 19.4 Å². The van der Waals surface area contributed by atoms with Crippen LogP contribution < -0.4 is 9.64 Å². The van der Waals surface area contributed by atoms with Gasteiger partial charge >= 0.3 is 5.97 Å². The van der Waals surface area contributed by atoms with Crippen molar-refractivity contribution in [1.82, 2.24) is 0 Å². The van der Waals surface area contributed by atoms with E-state index >= 15 is 0 Å². The fourth-order valence-corrected chi connectivity index (χ4v) is 4.76. The zero-order valence-electron chi connectivity index (χ0n) is 18.6. The van der Waals surface area contributed by atoms with Crippen LogP contribution in [0.25, 0.3) is 0 Å². The lowest BCUT2D eigenvalue weighted by Gasteiger charge is -2.35. The molecule has 4 rings (SSSR count). The number of aldehydes is 1. The second-order valence-corrected chi connectivity index (χ2v) is 8.43. The molecule has 2 unspecified atom stereocenters. The van der Waals surface area contributed by atoms with Crippen molar-refractivity contribution in [2.75, 3.05) is 11.5 Å². The molecule has 5 heteroatoms. The average molecular weight is 444 g/mol. The van der Waals surface area contributed by atoms with Crippen LogP contribution in [0.2, 0.25) is 0 Å². The van der Waals surface area contributed by atoms with Crippen LogP contribution >= 0.6 is 0 Å². The molecule has 3 aromatic carbocycles. The van der Waals surface area contributed by atoms with Crippen LogP contribution in [0.1, 0.15) is 41.9 Å². The van der Waals surface area contributed by atoms with E-state index < -0.39 is 12.6 Å². The van der Waals surface area contributed by atoms with Gasteiger partial charge in [0.2, 0.25) is 0 Å². The summed E-state index contributed by atoms with van der Waals surface area (Å²) in [5.41, 5.74) is 4.30. The van der Waals surface area contributed by atoms with Crippen molar-refractivity contribution in [3.8, 4) is 5.75 Å². The van der Waals surface area contributed by atoms with E-state index in [0.717, 1.165) is 47.9 Å². The standard InChI is InChI=1S/C28H29NO4/c30-19-24(29(23-12-5-2-6-13-23)18-21-9-3-1-4-10-21)17-22-11-7-15-26-25(22)14-8-16-27(26)33-28(32)20-31/h1-6,8-10,12-14,16,19,22,24,31H,7,11,15,17-18,20H2. The molecule has 1 aliphatic carbocycles. The quantitative estimate of drug-likeness (QED) is 0.296. The van der Waals surface area contributed by atoms with Crippen molar-refractivity contribution in [3.05, 3.63) is 95.6 Å². The maximum Gasteiger partial charge on any atom is 0.337 e. The van der Waals surface area contributed by atoms with Crippen molar-refractivity contribution in [1.29, 1.82) is 0 Å². The maximum atomic E-state index is 12.4. The minimum absolute atomic E-state index is 0.179. The lowest BCUT2D eigenvalue weighted by molar-refractivity contribution is -0.137. The summed E-state index contributed by atoms with van der Waals surface area (Å²) in [5, 5.41) is 9.07. The number of aliphatic hydroxyl groups excluding tert-OH is 1. The second-order valence-electron chi connectivity index (χ2n) is 8.43. The van der Waals surface area contributed by atoms with Gasteiger partial charge in [-0.25, -0.2) is 4.79 Å². The number of carbonyl (C=O) groups is 2. The lowest BCUT2D eigenvalue weighted by Crippen LogP contribution is -2.37. The van der Waals surface area contributed by atoms with Gasteiger partial charge in [0, 0.05) is 12.2 Å². The molecule has 0 radical (unpaired) electrons. The fraction of sp³-hybridized carbons (Fsp3) is 0.286. The first-order chi connectivity index (χ1) is 16.2. The molecule has 0 saturated heterocycles. The van der Waals surface area contributed by atoms with Gasteiger partial charge in [-0.05, 0) is 66.5 Å². The van der Waals surface area contributed by atoms with Crippen LogP contribution in [0, 0.1) is 0 Å². The van der Waals surface area contributed by atoms with Gasteiger partial charge in [0.05, 0.1) is 6.04 Å². The molecule has 1 aliphatic rings. The van der Waals surface area contributed by atoms with Crippen LogP contribution in [0.5, 0.6) is 5.75 Å². The molecule has 0 saturated carbocycles. The first-order valence-corrected chi connectivity index (χ1v) is 11.4. The topological polar surface area (TPSA) is 66.8 Å². The molecule has 0 fully saturated rings. The summed E-state index contributed by atoms with van der Waals surface area (Å²) in [4.78, 5) is 26.2. The van der Waals surface area contributed by atoms with E-state index in [1.807, 2.05) is 54.6 Å². The smallest absolute Gasteiger partial charge is 0.337 e. The van der Waals surface area contributed by atoms with Gasteiger partial charge in [0.15, 0.2) is 0 Å². The van der Waals surface area contributed by atoms with E-state index in [-0.39, 0.29) is 12.0 Å². The fourth-order valence-electron chi connectivity index (χ4n) is 4.76. The van der Waals surface area contributed by atoms with Crippen LogP contribution in [-0.2, 0) is 22.6 Å². The molecule has 2 atom stereocenters. The number of ether oxygens (including phenoxy) is 1. The van der Waals surface area contributed by atoms with E-state index in [9.17, 15) is 9.59 Å². The zero-order valence-corrected chi connectivity index (χ0v) is 18.6. The Morgan fingerprint density at radius 3 is 2.45 bits per heavy atom. The van der Waals surface area contributed by atoms with Gasteiger partial charge < -0.3 is 19.5 Å². The average Bonchev–Trinajstić information content (AvgIpc) is 2.87. The Morgan fingerprint density at radius 2 is 1.76 bits per heavy atom. The van der Waals surface area contributed by atoms with Gasteiger partial charge in [-0.3, -0.25) is 0 Å². The van der Waals surface area contributed by atoms with Gasteiger partial charge in [-0.15, -0.1) is 0 Å². The number of hydrogen-bond donors (Lipinski definition) is 1. The highest BCUT2D eigenvalue weighted by molar-refractivity contribution is 5.74. The number of aliphatic hydroxyl groups is 1. The molecular weight excluding hydrogens is 414 g/mol. The van der Waals surface area contributed by atoms with E-state index in [0.29, 0.717) is 18.7 Å². The number of esters is 1. The number of para-hydroxylation sites is 1. The molecule has 0 amide bonds. The summed E-state index contributed by atoms with van der Waals surface area (Å²) in [7, 11) is 0. The summed E-state index contributed by atoms with van der Waals surface area (Å²) in [6, 6.07) is 25.7. The zero-order chi connectivity index (χ0) is 23.0. The monoisotopic (exact) mass is 443 g/mol. The highest BCUT2D eigenvalue weighted by Gasteiger charge is 2.29. The molecular formula is C28H29NO4. The van der Waals surface area contributed by atoms with Gasteiger partial charge in [0.1, 0.15) is 18.6 Å². The van der Waals surface area contributed by atoms with Crippen molar-refractivity contribution >= 4 is 17.9 Å². The highest BCUT2D eigenvalue weighted by Crippen LogP contribution is 2.40. The molecule has 0 heterocycles. The Hall–Kier alpha value is -3.44. The molecule has 5 nitrogen and oxygen atoms in total. The van der Waals surface area contributed by atoms with E-state index in [1.165, 1.54) is 0 Å². The molecule has 0 bridgehead atoms. The van der Waals surface area contributed by atoms with Crippen LogP contribution in [0.15, 0.2) is 78.9 Å². The van der Waals surface area contributed by atoms with Crippen LogP contribution in [0.4, 0.5) is 5.69 Å². The number of anilines is 1. The second kappa shape index (κ2) is 10.9. The third-order valence-electron chi connectivity index (χ3n) is 6.31. The van der Waals surface area contributed by atoms with Crippen LogP contribution in [-0.4, -0.2) is 30.0 Å². The molecule has 170 valence electrons. The number of rotatable bonds is 9. The third kappa shape index (κ3) is 5.49. The molecule has 0 aromatic heterocycles. The van der Waals surface area contributed by atoms with Crippen LogP contribution in [0.3, 0.4) is 0 Å². The summed E-state index contributed by atoms with van der Waals surface area (Å²) in [5.74, 6) is 0.0382. The third-order valence-corrected chi connectivity index (χ3v) is 6.31. The van der Waals surface area contributed by atoms with Crippen molar-refractivity contribution in [2.45, 2.75) is 44.2 Å². The Kier molecular flexibility index (Phi) is 7.53. The van der Waals surface area contributed by atoms with Crippen molar-refractivity contribution in [3.63, 3.8) is 0 Å². The van der Waals surface area contributed by atoms with E-state index in [4.69, 9.17) is 9.84 Å². The Morgan fingerprint density at radius 1 is 1.03 bits per heavy atom. The summed E-state index contributed by atoms with van der Waals surface area (Å²) < 4.78 is 5.37. The first kappa shape index (κ1) is 22.7. The maximum absolute atomic E-state index is 12.4. The molecule has 0 aliphatic heterocycles. The minimum atomic E-state index is -0.658. The predicted molar refractivity (Wildman–Crippen MR) is 128 cm³/mol. The van der Waals surface area contributed by atoms with Gasteiger partial charge in [-0.2, -0.15) is 0 Å². The van der Waals surface area contributed by atoms with Gasteiger partial charge in [-0.1, -0.05) is 60.7 Å².